The fourth-order valence-electron chi connectivity index (χ4n) is 3.24. The van der Waals surface area contributed by atoms with E-state index in [1.54, 1.807) is 38.1 Å². The summed E-state index contributed by atoms with van der Waals surface area (Å²) in [6, 6.07) is 3.50. The molecule has 36 heavy (non-hydrogen) atoms. The molecule has 0 fully saturated rings. The molecule has 9 N–H and O–H groups in total. The smallest absolute Gasteiger partial charge is 0.326 e. The zero-order chi connectivity index (χ0) is 27.4. The number of primary amides is 1. The summed E-state index contributed by atoms with van der Waals surface area (Å²) >= 11 is 0. The van der Waals surface area contributed by atoms with Gasteiger partial charge in [-0.05, 0) is 17.9 Å². The Morgan fingerprint density at radius 1 is 0.861 bits per heavy atom. The molecule has 0 spiro atoms. The van der Waals surface area contributed by atoms with Gasteiger partial charge in [0.1, 0.15) is 18.1 Å². The molecule has 5 atom stereocenters. The average Bonchev–Trinajstić information content (AvgIpc) is 2.80. The summed E-state index contributed by atoms with van der Waals surface area (Å²) in [5.41, 5.74) is 12.0. The molecule has 1 aromatic carbocycles. The zero-order valence-corrected chi connectivity index (χ0v) is 20.1. The maximum Gasteiger partial charge on any atom is 0.326 e. The highest BCUT2D eigenvalue weighted by molar-refractivity contribution is 5.96. The van der Waals surface area contributed by atoms with Crippen LogP contribution in [-0.4, -0.2) is 69.9 Å². The Morgan fingerprint density at radius 2 is 1.44 bits per heavy atom. The maximum absolute atomic E-state index is 13.0. The lowest BCUT2D eigenvalue weighted by atomic mass is 9.96. The van der Waals surface area contributed by atoms with Gasteiger partial charge in [0.15, 0.2) is 0 Å². The van der Waals surface area contributed by atoms with Crippen LogP contribution in [0.25, 0.3) is 0 Å². The number of carbonyl (C=O) groups is 6. The Balaban J connectivity index is 3.00. The molecule has 0 radical (unpaired) electrons. The zero-order valence-electron chi connectivity index (χ0n) is 20.1. The van der Waals surface area contributed by atoms with Gasteiger partial charge in [0.05, 0.1) is 18.9 Å². The summed E-state index contributed by atoms with van der Waals surface area (Å²) in [4.78, 5) is 72.0. The second kappa shape index (κ2) is 14.4. The fraction of sp³-hybridized carbons (Fsp3) is 0.478. The van der Waals surface area contributed by atoms with Gasteiger partial charge in [0.25, 0.3) is 0 Å². The van der Waals surface area contributed by atoms with Gasteiger partial charge in [-0.3, -0.25) is 24.0 Å². The van der Waals surface area contributed by atoms with Crippen LogP contribution in [0.4, 0.5) is 0 Å². The number of benzene rings is 1. The normalized spacial score (nSPS) is 14.9. The second-order valence-corrected chi connectivity index (χ2v) is 8.40. The Bertz CT molecular complexity index is 955. The molecule has 0 saturated carbocycles. The van der Waals surface area contributed by atoms with Gasteiger partial charge < -0.3 is 37.6 Å². The molecule has 1 rings (SSSR count). The van der Waals surface area contributed by atoms with Crippen molar-refractivity contribution in [3.63, 3.8) is 0 Å². The van der Waals surface area contributed by atoms with Crippen molar-refractivity contribution in [2.45, 2.75) is 63.7 Å². The number of hydrogen-bond donors (Lipinski definition) is 7. The van der Waals surface area contributed by atoms with E-state index >= 15 is 0 Å². The van der Waals surface area contributed by atoms with E-state index in [1.165, 1.54) is 0 Å². The van der Waals surface area contributed by atoms with E-state index in [4.69, 9.17) is 21.7 Å². The quantitative estimate of drug-likeness (QED) is 0.146. The van der Waals surface area contributed by atoms with Gasteiger partial charge in [0.2, 0.25) is 23.6 Å². The highest BCUT2D eigenvalue weighted by atomic mass is 16.4. The highest BCUT2D eigenvalue weighted by Gasteiger charge is 2.33. The standard InChI is InChI=1S/C23H33N5O8/c1-3-12(2)19(28-20(32)14(24)9-13-7-5-4-6-8-13)22(34)26-15(10-17(25)29)21(33)27-16(23(35)36)11-18(30)31/h4-8,12,14-16,19H,3,9-11,24H2,1-2H3,(H2,25,29)(H,26,34)(H,27,33)(H,28,32)(H,30,31)(H,35,36). The number of carboxylic acid groups (broad SMARTS) is 2. The van der Waals surface area contributed by atoms with Gasteiger partial charge >= 0.3 is 11.9 Å². The van der Waals surface area contributed by atoms with Gasteiger partial charge in [-0.2, -0.15) is 0 Å². The van der Waals surface area contributed by atoms with Crippen molar-refractivity contribution < 1.29 is 39.0 Å². The molecule has 0 bridgehead atoms. The predicted molar refractivity (Wildman–Crippen MR) is 127 cm³/mol. The molecule has 198 valence electrons. The molecule has 13 heteroatoms. The number of nitrogens with one attached hydrogen (secondary N) is 3. The molecular weight excluding hydrogens is 474 g/mol. The third-order valence-electron chi connectivity index (χ3n) is 5.46. The number of amides is 4. The van der Waals surface area contributed by atoms with Crippen LogP contribution in [0.15, 0.2) is 30.3 Å². The van der Waals surface area contributed by atoms with Crippen LogP contribution in [-0.2, 0) is 35.2 Å². The van der Waals surface area contributed by atoms with Crippen molar-refractivity contribution in [3.8, 4) is 0 Å². The summed E-state index contributed by atoms with van der Waals surface area (Å²) in [5, 5.41) is 24.9. The van der Waals surface area contributed by atoms with E-state index in [-0.39, 0.29) is 6.42 Å². The van der Waals surface area contributed by atoms with E-state index in [1.807, 2.05) is 11.4 Å². The maximum atomic E-state index is 13.0. The third-order valence-corrected chi connectivity index (χ3v) is 5.46. The van der Waals surface area contributed by atoms with Crippen molar-refractivity contribution >= 4 is 35.6 Å². The topological polar surface area (TPSA) is 231 Å². The van der Waals surface area contributed by atoms with E-state index < -0.39 is 78.5 Å². The molecule has 4 amide bonds. The van der Waals surface area contributed by atoms with Crippen LogP contribution in [0.3, 0.4) is 0 Å². The molecule has 13 nitrogen and oxygen atoms in total. The largest absolute Gasteiger partial charge is 0.481 e. The van der Waals surface area contributed by atoms with Crippen LogP contribution in [0.5, 0.6) is 0 Å². The lowest BCUT2D eigenvalue weighted by Gasteiger charge is -2.27. The minimum Gasteiger partial charge on any atom is -0.481 e. The van der Waals surface area contributed by atoms with Crippen molar-refractivity contribution in [1.29, 1.82) is 0 Å². The molecular formula is C23H33N5O8. The molecule has 0 aliphatic heterocycles. The summed E-state index contributed by atoms with van der Waals surface area (Å²) in [5.74, 6) is -7.04. The summed E-state index contributed by atoms with van der Waals surface area (Å²) in [6.07, 6.45) is -0.943. The van der Waals surface area contributed by atoms with E-state index in [0.717, 1.165) is 5.56 Å². The summed E-state index contributed by atoms with van der Waals surface area (Å²) in [6.45, 7) is 3.46. The van der Waals surface area contributed by atoms with Crippen LogP contribution in [0.1, 0.15) is 38.7 Å². The first kappa shape index (κ1) is 30.0. The van der Waals surface area contributed by atoms with E-state index in [2.05, 4.69) is 10.6 Å². The number of carbonyl (C=O) groups excluding carboxylic acids is 4. The average molecular weight is 508 g/mol. The van der Waals surface area contributed by atoms with Crippen molar-refractivity contribution in [1.82, 2.24) is 16.0 Å². The van der Waals surface area contributed by atoms with Crippen LogP contribution < -0.4 is 27.4 Å². The number of nitrogens with two attached hydrogens (primary N) is 2. The highest BCUT2D eigenvalue weighted by Crippen LogP contribution is 2.10. The van der Waals surface area contributed by atoms with Gasteiger partial charge in [-0.25, -0.2) is 4.79 Å². The molecule has 0 aliphatic rings. The van der Waals surface area contributed by atoms with E-state index in [9.17, 15) is 28.8 Å². The lowest BCUT2D eigenvalue weighted by Crippen LogP contribution is -2.59. The second-order valence-electron chi connectivity index (χ2n) is 8.40. The molecule has 5 unspecified atom stereocenters. The third kappa shape index (κ3) is 10.1. The first-order chi connectivity index (χ1) is 16.8. The lowest BCUT2D eigenvalue weighted by molar-refractivity contribution is -0.147. The van der Waals surface area contributed by atoms with Crippen molar-refractivity contribution in [2.24, 2.45) is 17.4 Å². The van der Waals surface area contributed by atoms with Crippen molar-refractivity contribution in [2.75, 3.05) is 0 Å². The van der Waals surface area contributed by atoms with Crippen LogP contribution in [0, 0.1) is 5.92 Å². The Kier molecular flexibility index (Phi) is 12.0. The number of carboxylic acids is 2. The first-order valence-corrected chi connectivity index (χ1v) is 11.3. The predicted octanol–water partition coefficient (Wildman–Crippen LogP) is -1.51. The Labute approximate surface area is 208 Å². The Morgan fingerprint density at radius 3 is 1.94 bits per heavy atom. The number of rotatable bonds is 15. The summed E-state index contributed by atoms with van der Waals surface area (Å²) in [7, 11) is 0. The monoisotopic (exact) mass is 507 g/mol. The van der Waals surface area contributed by atoms with Crippen LogP contribution >= 0.6 is 0 Å². The number of aliphatic carboxylic acids is 2. The van der Waals surface area contributed by atoms with Crippen molar-refractivity contribution in [3.05, 3.63) is 35.9 Å². The molecule has 1 aromatic rings. The van der Waals surface area contributed by atoms with Crippen LogP contribution in [0.2, 0.25) is 0 Å². The summed E-state index contributed by atoms with van der Waals surface area (Å²) < 4.78 is 0. The van der Waals surface area contributed by atoms with E-state index in [0.29, 0.717) is 6.42 Å². The van der Waals surface area contributed by atoms with Gasteiger partial charge in [-0.1, -0.05) is 50.6 Å². The first-order valence-electron chi connectivity index (χ1n) is 11.3. The molecule has 0 aromatic heterocycles. The SMILES string of the molecule is CCC(C)C(NC(=O)C(N)Cc1ccccc1)C(=O)NC(CC(N)=O)C(=O)NC(CC(=O)O)C(=O)O. The minimum atomic E-state index is -1.80. The van der Waals surface area contributed by atoms with Gasteiger partial charge in [0, 0.05) is 0 Å². The molecule has 0 aliphatic carbocycles. The fourth-order valence-corrected chi connectivity index (χ4v) is 3.24. The Hall–Kier alpha value is -4.00. The minimum absolute atomic E-state index is 0.217. The molecule has 0 heterocycles. The molecule has 0 saturated heterocycles. The van der Waals surface area contributed by atoms with Gasteiger partial charge in [-0.15, -0.1) is 0 Å². The number of hydrogen-bond acceptors (Lipinski definition) is 7.